The minimum atomic E-state index is 0.889. The second-order valence-corrected chi connectivity index (χ2v) is 4.82. The Morgan fingerprint density at radius 3 is 2.56 bits per heavy atom. The van der Waals surface area contributed by atoms with E-state index < -0.39 is 0 Å². The van der Waals surface area contributed by atoms with Crippen molar-refractivity contribution < 1.29 is 0 Å². The predicted molar refractivity (Wildman–Crippen MR) is 77.2 cm³/mol. The summed E-state index contributed by atoms with van der Waals surface area (Å²) in [6.45, 7) is 9.48. The fourth-order valence-electron chi connectivity index (χ4n) is 2.25. The summed E-state index contributed by atoms with van der Waals surface area (Å²) in [5, 5.41) is 6.95. The Labute approximate surface area is 110 Å². The summed E-state index contributed by atoms with van der Waals surface area (Å²) in [5.41, 5.74) is 2.60. The lowest BCUT2D eigenvalue weighted by atomic mass is 10.2. The van der Waals surface area contributed by atoms with Crippen LogP contribution in [0.2, 0.25) is 0 Å². The van der Waals surface area contributed by atoms with Crippen LogP contribution in [0.3, 0.4) is 0 Å². The van der Waals surface area contributed by atoms with Crippen LogP contribution >= 0.6 is 0 Å². The molecular weight excluding hydrogens is 222 g/mol. The third-order valence-electron chi connectivity index (χ3n) is 3.32. The lowest BCUT2D eigenvalue weighted by Gasteiger charge is -2.33. The van der Waals surface area contributed by atoms with Gasteiger partial charge in [-0.15, -0.1) is 0 Å². The van der Waals surface area contributed by atoms with Gasteiger partial charge in [0.1, 0.15) is 5.82 Å². The zero-order valence-corrected chi connectivity index (χ0v) is 11.4. The molecule has 0 bridgehead atoms. The predicted octanol–water partition coefficient (Wildman–Crippen LogP) is 1.79. The molecule has 0 amide bonds. The van der Waals surface area contributed by atoms with Gasteiger partial charge < -0.3 is 15.5 Å². The first-order chi connectivity index (χ1) is 8.77. The molecule has 0 aliphatic carbocycles. The Morgan fingerprint density at radius 1 is 1.06 bits per heavy atom. The van der Waals surface area contributed by atoms with Crippen molar-refractivity contribution in [3.05, 3.63) is 47.3 Å². The maximum Gasteiger partial charge on any atom is 0.105 e. The number of nitrogens with one attached hydrogen (secondary N) is 2. The zero-order valence-electron chi connectivity index (χ0n) is 11.4. The van der Waals surface area contributed by atoms with Crippen LogP contribution in [0.15, 0.2) is 47.3 Å². The highest BCUT2D eigenvalue weighted by molar-refractivity contribution is 5.29. The molecule has 1 saturated heterocycles. The van der Waals surface area contributed by atoms with E-state index in [2.05, 4.69) is 59.8 Å². The van der Waals surface area contributed by atoms with E-state index in [4.69, 9.17) is 0 Å². The normalized spacial score (nSPS) is 32.1. The Bertz CT molecular complexity index is 396. The Kier molecular flexibility index (Phi) is 4.65. The van der Waals surface area contributed by atoms with Gasteiger partial charge in [-0.1, -0.05) is 36.0 Å². The van der Waals surface area contributed by atoms with E-state index in [-0.39, 0.29) is 0 Å². The van der Waals surface area contributed by atoms with Crippen molar-refractivity contribution >= 4 is 0 Å². The van der Waals surface area contributed by atoms with Crippen LogP contribution in [0.1, 0.15) is 13.8 Å². The molecule has 2 aliphatic rings. The van der Waals surface area contributed by atoms with Crippen molar-refractivity contribution in [2.24, 2.45) is 0 Å². The maximum absolute atomic E-state index is 3.56. The Morgan fingerprint density at radius 2 is 1.78 bits per heavy atom. The van der Waals surface area contributed by atoms with E-state index in [1.165, 1.54) is 17.0 Å². The van der Waals surface area contributed by atoms with Crippen molar-refractivity contribution in [2.45, 2.75) is 13.8 Å². The molecule has 2 aliphatic heterocycles. The van der Waals surface area contributed by atoms with Crippen LogP contribution in [-0.4, -0.2) is 37.6 Å². The summed E-state index contributed by atoms with van der Waals surface area (Å²) >= 11 is 0. The number of hydrogen-bond donors (Lipinski definition) is 2. The highest BCUT2D eigenvalue weighted by atomic mass is 15.3. The molecule has 0 saturated carbocycles. The van der Waals surface area contributed by atoms with Gasteiger partial charge in [-0.25, -0.2) is 0 Å². The molecule has 0 unspecified atom stereocenters. The quantitative estimate of drug-likeness (QED) is 0.737. The van der Waals surface area contributed by atoms with Gasteiger partial charge in [0.2, 0.25) is 0 Å². The van der Waals surface area contributed by atoms with Crippen molar-refractivity contribution in [3.63, 3.8) is 0 Å². The fraction of sp³-hybridized carbons (Fsp3) is 0.467. The van der Waals surface area contributed by atoms with Crippen molar-refractivity contribution in [1.82, 2.24) is 15.5 Å². The topological polar surface area (TPSA) is 27.3 Å². The average Bonchev–Trinajstić information content (AvgIpc) is 2.40. The van der Waals surface area contributed by atoms with Gasteiger partial charge in [0.05, 0.1) is 0 Å². The van der Waals surface area contributed by atoms with Crippen molar-refractivity contribution in [3.8, 4) is 0 Å². The molecule has 0 atom stereocenters. The summed E-state index contributed by atoms with van der Waals surface area (Å²) in [5.74, 6) is 1.27. The molecule has 0 aromatic heterocycles. The lowest BCUT2D eigenvalue weighted by Crippen LogP contribution is -2.46. The second-order valence-electron chi connectivity index (χ2n) is 4.82. The average molecular weight is 245 g/mol. The minimum Gasteiger partial charge on any atom is -0.368 e. The molecule has 0 radical (unpaired) electrons. The smallest absolute Gasteiger partial charge is 0.105 e. The number of allylic oxidation sites excluding steroid dienone is 6. The van der Waals surface area contributed by atoms with E-state index >= 15 is 0 Å². The lowest BCUT2D eigenvalue weighted by molar-refractivity contribution is 0.280. The maximum atomic E-state index is 3.56. The van der Waals surface area contributed by atoms with Gasteiger partial charge in [-0.05, 0) is 19.4 Å². The van der Waals surface area contributed by atoms with E-state index in [1.807, 2.05) is 0 Å². The van der Waals surface area contributed by atoms with E-state index in [0.717, 1.165) is 32.7 Å². The molecule has 0 spiro atoms. The molecule has 2 rings (SSSR count). The number of rotatable bonds is 1. The van der Waals surface area contributed by atoms with E-state index in [9.17, 15) is 0 Å². The van der Waals surface area contributed by atoms with Crippen LogP contribution < -0.4 is 10.6 Å². The van der Waals surface area contributed by atoms with Crippen molar-refractivity contribution in [1.29, 1.82) is 0 Å². The van der Waals surface area contributed by atoms with Crippen molar-refractivity contribution in [2.75, 3.05) is 32.7 Å². The summed E-state index contributed by atoms with van der Waals surface area (Å²) in [4.78, 5) is 2.44. The van der Waals surface area contributed by atoms with Crippen LogP contribution in [-0.2, 0) is 0 Å². The first-order valence-corrected chi connectivity index (χ1v) is 6.69. The molecule has 0 aromatic rings. The molecule has 2 N–H and O–H groups in total. The number of piperazine rings is 1. The summed E-state index contributed by atoms with van der Waals surface area (Å²) in [7, 11) is 0. The van der Waals surface area contributed by atoms with E-state index in [1.54, 1.807) is 0 Å². The minimum absolute atomic E-state index is 0.889. The molecule has 3 nitrogen and oxygen atoms in total. The third-order valence-corrected chi connectivity index (χ3v) is 3.32. The summed E-state index contributed by atoms with van der Waals surface area (Å²) in [6.07, 6.45) is 10.8. The first-order valence-electron chi connectivity index (χ1n) is 6.69. The molecular formula is C15H23N3. The molecule has 0 aromatic carbocycles. The number of hydrogen-bond acceptors (Lipinski definition) is 3. The van der Waals surface area contributed by atoms with Crippen LogP contribution in [0.5, 0.6) is 0 Å². The third kappa shape index (κ3) is 3.50. The Balaban J connectivity index is 2.18. The standard InChI is InChI=1S/C15H23N3/c1-13-5-3-4-6-14(2)15(17-8-7-13)18-11-9-16-10-12-18/h3-7,16-17H,8-12H2,1-2H3/b5-3-,6-4+,13-7+,15-14-. The van der Waals surface area contributed by atoms with Gasteiger partial charge in [0, 0.05) is 32.7 Å². The van der Waals surface area contributed by atoms with Gasteiger partial charge >= 0.3 is 0 Å². The SMILES string of the molecule is CC1=C(/N2CCNCC2)NC/C=C(C)/C=C\C=C\1. The van der Waals surface area contributed by atoms with Crippen LogP contribution in [0.25, 0.3) is 0 Å². The molecule has 18 heavy (non-hydrogen) atoms. The van der Waals surface area contributed by atoms with Gasteiger partial charge in [-0.3, -0.25) is 0 Å². The highest BCUT2D eigenvalue weighted by Gasteiger charge is 2.14. The zero-order chi connectivity index (χ0) is 12.8. The fourth-order valence-corrected chi connectivity index (χ4v) is 2.25. The van der Waals surface area contributed by atoms with Gasteiger partial charge in [0.25, 0.3) is 0 Å². The largest absolute Gasteiger partial charge is 0.368 e. The van der Waals surface area contributed by atoms with E-state index in [0.29, 0.717) is 0 Å². The second kappa shape index (κ2) is 6.45. The highest BCUT2D eigenvalue weighted by Crippen LogP contribution is 2.11. The molecule has 2 heterocycles. The molecule has 98 valence electrons. The molecule has 1 fully saturated rings. The summed E-state index contributed by atoms with van der Waals surface area (Å²) < 4.78 is 0. The van der Waals surface area contributed by atoms with Crippen LogP contribution in [0.4, 0.5) is 0 Å². The molecule has 3 heteroatoms. The van der Waals surface area contributed by atoms with Gasteiger partial charge in [0.15, 0.2) is 0 Å². The first kappa shape index (κ1) is 13.0. The Hall–Kier alpha value is -1.48. The van der Waals surface area contributed by atoms with Crippen LogP contribution in [0, 0.1) is 0 Å². The monoisotopic (exact) mass is 245 g/mol. The summed E-state index contributed by atoms with van der Waals surface area (Å²) in [6, 6.07) is 0. The van der Waals surface area contributed by atoms with Gasteiger partial charge in [-0.2, -0.15) is 0 Å². The number of nitrogens with zero attached hydrogens (tertiary/aromatic N) is 1.